The van der Waals surface area contributed by atoms with E-state index in [0.717, 1.165) is 16.5 Å². The number of aliphatic hydroxyl groups excluding tert-OH is 1. The van der Waals surface area contributed by atoms with Gasteiger partial charge in [0.15, 0.2) is 5.13 Å². The molecule has 0 spiro atoms. The van der Waals surface area contributed by atoms with Crippen molar-refractivity contribution in [3.63, 3.8) is 0 Å². The van der Waals surface area contributed by atoms with Crippen LogP contribution in [-0.2, 0) is 0 Å². The minimum atomic E-state index is -0.0734. The van der Waals surface area contributed by atoms with Crippen molar-refractivity contribution in [3.8, 4) is 5.13 Å². The Hall–Kier alpha value is -1.66. The first-order chi connectivity index (χ1) is 10.0. The molecule has 0 aromatic carbocycles. The molecule has 0 aliphatic rings. The maximum Gasteiger partial charge on any atom is 0.253 e. The van der Waals surface area contributed by atoms with Crippen molar-refractivity contribution >= 4 is 17.2 Å². The summed E-state index contributed by atoms with van der Waals surface area (Å²) in [4.78, 5) is 16.6. The molecule has 114 valence electrons. The molecule has 0 fully saturated rings. The quantitative estimate of drug-likeness (QED) is 0.860. The van der Waals surface area contributed by atoms with Gasteiger partial charge >= 0.3 is 0 Å². The summed E-state index contributed by atoms with van der Waals surface area (Å²) in [6.07, 6.45) is 2.45. The van der Waals surface area contributed by atoms with Crippen LogP contribution in [0.25, 0.3) is 5.13 Å². The van der Waals surface area contributed by atoms with Gasteiger partial charge in [-0.3, -0.25) is 9.36 Å². The molecule has 0 radical (unpaired) electrons. The first-order valence-corrected chi connectivity index (χ1v) is 7.90. The van der Waals surface area contributed by atoms with Gasteiger partial charge in [-0.25, -0.2) is 4.98 Å². The number of hydrogen-bond donors (Lipinski definition) is 2. The van der Waals surface area contributed by atoms with E-state index in [9.17, 15) is 4.79 Å². The van der Waals surface area contributed by atoms with Crippen LogP contribution in [-0.4, -0.2) is 33.7 Å². The normalized spacial score (nSPS) is 12.4. The third-order valence-corrected chi connectivity index (χ3v) is 4.28. The van der Waals surface area contributed by atoms with Gasteiger partial charge in [-0.05, 0) is 32.3 Å². The smallest absolute Gasteiger partial charge is 0.253 e. The Balaban J connectivity index is 2.14. The zero-order chi connectivity index (χ0) is 15.4. The van der Waals surface area contributed by atoms with E-state index >= 15 is 0 Å². The van der Waals surface area contributed by atoms with Crippen molar-refractivity contribution in [3.05, 3.63) is 34.6 Å². The zero-order valence-corrected chi connectivity index (χ0v) is 13.4. The molecule has 21 heavy (non-hydrogen) atoms. The molecule has 2 rings (SSSR count). The summed E-state index contributed by atoms with van der Waals surface area (Å²) in [6, 6.07) is 1.89. The molecule has 5 nitrogen and oxygen atoms in total. The van der Waals surface area contributed by atoms with Crippen LogP contribution >= 0.6 is 11.3 Å². The van der Waals surface area contributed by atoms with Crippen molar-refractivity contribution in [1.29, 1.82) is 0 Å². The molecule has 2 aromatic heterocycles. The molecular formula is C15H21N3O2S. The Kier molecular flexibility index (Phi) is 5.14. The van der Waals surface area contributed by atoms with Crippen LogP contribution in [0.15, 0.2) is 17.6 Å². The van der Waals surface area contributed by atoms with E-state index in [4.69, 9.17) is 5.11 Å². The lowest BCUT2D eigenvalue weighted by atomic mass is 10.1. The van der Waals surface area contributed by atoms with Gasteiger partial charge in [-0.15, -0.1) is 11.3 Å². The minimum Gasteiger partial charge on any atom is -0.396 e. The van der Waals surface area contributed by atoms with Gasteiger partial charge in [-0.2, -0.15) is 0 Å². The molecule has 0 saturated carbocycles. The molecule has 6 heteroatoms. The number of carbonyl (C=O) groups is 1. The molecular weight excluding hydrogens is 286 g/mol. The molecule has 0 saturated heterocycles. The van der Waals surface area contributed by atoms with E-state index < -0.39 is 0 Å². The molecule has 1 amide bonds. The van der Waals surface area contributed by atoms with Crippen LogP contribution in [0, 0.1) is 19.8 Å². The molecule has 2 N–H and O–H groups in total. The third-order valence-electron chi connectivity index (χ3n) is 3.52. The highest BCUT2D eigenvalue weighted by Gasteiger charge is 2.17. The van der Waals surface area contributed by atoms with E-state index in [-0.39, 0.29) is 18.4 Å². The van der Waals surface area contributed by atoms with Gasteiger partial charge in [-0.1, -0.05) is 6.92 Å². The third kappa shape index (κ3) is 3.51. The molecule has 1 atom stereocenters. The Labute approximate surface area is 128 Å². The van der Waals surface area contributed by atoms with E-state index in [2.05, 4.69) is 10.3 Å². The molecule has 0 aliphatic carbocycles. The lowest BCUT2D eigenvalue weighted by Crippen LogP contribution is -2.29. The number of aromatic nitrogens is 2. The van der Waals surface area contributed by atoms with Crippen molar-refractivity contribution < 1.29 is 9.90 Å². The fourth-order valence-electron chi connectivity index (χ4n) is 2.30. The Morgan fingerprint density at radius 1 is 1.52 bits per heavy atom. The summed E-state index contributed by atoms with van der Waals surface area (Å²) in [5, 5.41) is 14.6. The van der Waals surface area contributed by atoms with Crippen molar-refractivity contribution in [1.82, 2.24) is 14.9 Å². The van der Waals surface area contributed by atoms with Gasteiger partial charge in [0, 0.05) is 36.1 Å². The number of amides is 1. The largest absolute Gasteiger partial charge is 0.396 e. The number of nitrogens with zero attached hydrogens (tertiary/aromatic N) is 2. The first-order valence-electron chi connectivity index (χ1n) is 7.02. The SMILES string of the molecule is Cc1cc(C(=O)NCC(C)CCO)c(C)n1-c1nccs1. The van der Waals surface area contributed by atoms with Gasteiger partial charge in [0.1, 0.15) is 0 Å². The van der Waals surface area contributed by atoms with E-state index in [1.54, 1.807) is 17.5 Å². The molecule has 2 heterocycles. The highest BCUT2D eigenvalue weighted by molar-refractivity contribution is 7.12. The summed E-state index contributed by atoms with van der Waals surface area (Å²) in [5.41, 5.74) is 2.57. The van der Waals surface area contributed by atoms with Crippen LogP contribution < -0.4 is 5.32 Å². The van der Waals surface area contributed by atoms with Crippen LogP contribution in [0.3, 0.4) is 0 Å². The summed E-state index contributed by atoms with van der Waals surface area (Å²) in [6.45, 7) is 6.63. The van der Waals surface area contributed by atoms with Gasteiger partial charge in [0.05, 0.1) is 5.56 Å². The number of rotatable bonds is 6. The Morgan fingerprint density at radius 2 is 2.29 bits per heavy atom. The second kappa shape index (κ2) is 6.87. The fraction of sp³-hybridized carbons (Fsp3) is 0.467. The van der Waals surface area contributed by atoms with Gasteiger partial charge in [0.25, 0.3) is 5.91 Å². The standard InChI is InChI=1S/C15H21N3O2S/c1-10(4-6-19)9-17-14(20)13-8-11(2)18(12(13)3)15-16-5-7-21-15/h5,7-8,10,19H,4,6,9H2,1-3H3,(H,17,20). The molecule has 0 bridgehead atoms. The lowest BCUT2D eigenvalue weighted by molar-refractivity contribution is 0.0945. The molecule has 1 unspecified atom stereocenters. The van der Waals surface area contributed by atoms with Gasteiger partial charge < -0.3 is 10.4 Å². The summed E-state index contributed by atoms with van der Waals surface area (Å²) in [5.74, 6) is 0.192. The topological polar surface area (TPSA) is 67.2 Å². The summed E-state index contributed by atoms with van der Waals surface area (Å²) in [7, 11) is 0. The van der Waals surface area contributed by atoms with E-state index in [0.29, 0.717) is 18.5 Å². The molecule has 0 aliphatic heterocycles. The lowest BCUT2D eigenvalue weighted by Gasteiger charge is -2.11. The highest BCUT2D eigenvalue weighted by atomic mass is 32.1. The first kappa shape index (κ1) is 15.7. The Morgan fingerprint density at radius 3 is 2.90 bits per heavy atom. The van der Waals surface area contributed by atoms with Crippen LogP contribution in [0.1, 0.15) is 35.1 Å². The maximum atomic E-state index is 12.3. The molecule has 2 aromatic rings. The van der Waals surface area contributed by atoms with Crippen LogP contribution in [0.4, 0.5) is 0 Å². The van der Waals surface area contributed by atoms with Crippen molar-refractivity contribution in [2.75, 3.05) is 13.2 Å². The monoisotopic (exact) mass is 307 g/mol. The van der Waals surface area contributed by atoms with Crippen LogP contribution in [0.5, 0.6) is 0 Å². The zero-order valence-electron chi connectivity index (χ0n) is 12.6. The second-order valence-electron chi connectivity index (χ2n) is 5.26. The Bertz CT molecular complexity index is 605. The number of aliphatic hydroxyl groups is 1. The predicted molar refractivity (Wildman–Crippen MR) is 84.1 cm³/mol. The van der Waals surface area contributed by atoms with Crippen LogP contribution in [0.2, 0.25) is 0 Å². The number of thiazole rings is 1. The average molecular weight is 307 g/mol. The fourth-order valence-corrected chi connectivity index (χ4v) is 3.05. The number of nitrogens with one attached hydrogen (secondary N) is 1. The van der Waals surface area contributed by atoms with E-state index in [1.807, 2.05) is 36.8 Å². The average Bonchev–Trinajstić information content (AvgIpc) is 3.04. The second-order valence-corrected chi connectivity index (χ2v) is 6.14. The highest BCUT2D eigenvalue weighted by Crippen LogP contribution is 2.22. The van der Waals surface area contributed by atoms with Crippen molar-refractivity contribution in [2.45, 2.75) is 27.2 Å². The number of carbonyl (C=O) groups excluding carboxylic acids is 1. The summed E-state index contributed by atoms with van der Waals surface area (Å²) < 4.78 is 2.00. The summed E-state index contributed by atoms with van der Waals surface area (Å²) >= 11 is 1.55. The number of aryl methyl sites for hydroxylation is 1. The predicted octanol–water partition coefficient (Wildman–Crippen LogP) is 2.30. The van der Waals surface area contributed by atoms with Crippen molar-refractivity contribution in [2.24, 2.45) is 5.92 Å². The number of hydrogen-bond acceptors (Lipinski definition) is 4. The minimum absolute atomic E-state index is 0.0734. The maximum absolute atomic E-state index is 12.3. The van der Waals surface area contributed by atoms with Gasteiger partial charge in [0.2, 0.25) is 0 Å². The van der Waals surface area contributed by atoms with E-state index in [1.165, 1.54) is 0 Å².